The molecule has 0 fully saturated rings. The van der Waals surface area contributed by atoms with Gasteiger partial charge in [0.05, 0.1) is 11.1 Å². The van der Waals surface area contributed by atoms with Gasteiger partial charge in [0.2, 0.25) is 0 Å². The predicted octanol–water partition coefficient (Wildman–Crippen LogP) is 4.81. The first-order valence-electron chi connectivity index (χ1n) is 9.02. The maximum atomic E-state index is 14.1. The van der Waals surface area contributed by atoms with Crippen molar-refractivity contribution >= 4 is 17.8 Å². The van der Waals surface area contributed by atoms with E-state index in [1.807, 2.05) is 0 Å². The van der Waals surface area contributed by atoms with Crippen LogP contribution in [0.5, 0.6) is 0 Å². The van der Waals surface area contributed by atoms with Gasteiger partial charge in [-0.05, 0) is 6.92 Å². The predicted molar refractivity (Wildman–Crippen MR) is 84.1 cm³/mol. The summed E-state index contributed by atoms with van der Waals surface area (Å²) >= 11 is 0. The molecule has 1 aliphatic rings. The zero-order valence-electron chi connectivity index (χ0n) is 17.4. The Hall–Kier alpha value is -3.26. The summed E-state index contributed by atoms with van der Waals surface area (Å²) in [7, 11) is 0. The number of alkyl halides is 11. The monoisotopic (exact) mass is 589 g/mol. The highest BCUT2D eigenvalue weighted by molar-refractivity contribution is 6.23. The Kier molecular flexibility index (Phi) is 7.49. The quantitative estimate of drug-likeness (QED) is 0.150. The number of esters is 1. The molecule has 38 heavy (non-hydrogen) atoms. The minimum atomic E-state index is -7.42. The number of carbonyl (C=O) groups is 3. The maximum Gasteiger partial charge on any atom is 0.462 e. The molecular formula is C17H6F15NO5. The molecule has 1 heterocycles. The Balaban J connectivity index is 2.34. The second-order valence-corrected chi connectivity index (χ2v) is 7.19. The summed E-state index contributed by atoms with van der Waals surface area (Å²) in [6.45, 7) is -2.95. The third kappa shape index (κ3) is 4.70. The summed E-state index contributed by atoms with van der Waals surface area (Å²) in [5.74, 6) is -30.5. The summed E-state index contributed by atoms with van der Waals surface area (Å²) in [5.41, 5.74) is -3.61. The summed E-state index contributed by atoms with van der Waals surface area (Å²) in [5, 5.41) is 0. The van der Waals surface area contributed by atoms with Crippen LogP contribution in [-0.4, -0.2) is 65.6 Å². The van der Waals surface area contributed by atoms with Crippen molar-refractivity contribution in [2.45, 2.75) is 43.2 Å². The van der Waals surface area contributed by atoms with Crippen molar-refractivity contribution in [1.82, 2.24) is 4.90 Å². The average Bonchev–Trinajstić information content (AvgIpc) is 3.02. The van der Waals surface area contributed by atoms with Crippen LogP contribution in [0.4, 0.5) is 65.9 Å². The Labute approximate surface area is 197 Å². The lowest BCUT2D eigenvalue weighted by Gasteiger charge is -2.34. The molecule has 0 radical (unpaired) electrons. The van der Waals surface area contributed by atoms with E-state index in [1.54, 1.807) is 0 Å². The molecule has 214 valence electrons. The summed E-state index contributed by atoms with van der Waals surface area (Å²) in [6.07, 6.45) is -21.4. The molecule has 0 aliphatic carbocycles. The molecule has 0 saturated carbocycles. The van der Waals surface area contributed by atoms with E-state index in [-0.39, 0.29) is 0 Å². The smallest absolute Gasteiger partial charge is 0.458 e. The SMILES string of the molecule is C[C@@H](C(=O)OCC(F)(OC(F)(F)C(F)(F)C(F)(F)F)C(F)(F)F)N1C(=O)c2c(F)c(F)c(F)c(F)c2C1=O. The van der Waals surface area contributed by atoms with E-state index in [0.29, 0.717) is 6.92 Å². The highest BCUT2D eigenvalue weighted by Crippen LogP contribution is 2.51. The molecule has 0 saturated heterocycles. The lowest BCUT2D eigenvalue weighted by Crippen LogP contribution is -2.60. The molecule has 1 aliphatic heterocycles. The average molecular weight is 589 g/mol. The third-order valence-electron chi connectivity index (χ3n) is 4.70. The number of fused-ring (bicyclic) bond motifs is 1. The van der Waals surface area contributed by atoms with Crippen molar-refractivity contribution < 1.29 is 89.7 Å². The van der Waals surface area contributed by atoms with Gasteiger partial charge in [-0.3, -0.25) is 19.2 Å². The topological polar surface area (TPSA) is 72.9 Å². The molecule has 6 nitrogen and oxygen atoms in total. The molecule has 1 aromatic rings. The number of nitrogens with zero attached hydrogens (tertiary/aromatic N) is 1. The van der Waals surface area contributed by atoms with Crippen LogP contribution in [0.3, 0.4) is 0 Å². The Morgan fingerprint density at radius 2 is 1.13 bits per heavy atom. The van der Waals surface area contributed by atoms with Crippen LogP contribution in [0.2, 0.25) is 0 Å². The lowest BCUT2D eigenvalue weighted by molar-refractivity contribution is -0.485. The lowest BCUT2D eigenvalue weighted by atomic mass is 10.1. The van der Waals surface area contributed by atoms with Crippen LogP contribution in [0.15, 0.2) is 0 Å². The van der Waals surface area contributed by atoms with Crippen LogP contribution in [-0.2, 0) is 14.3 Å². The highest BCUT2D eigenvalue weighted by atomic mass is 19.4. The van der Waals surface area contributed by atoms with E-state index in [1.165, 1.54) is 0 Å². The fourth-order valence-corrected chi connectivity index (χ4v) is 2.71. The van der Waals surface area contributed by atoms with Gasteiger partial charge in [0.15, 0.2) is 29.9 Å². The number of amides is 2. The standard InChI is InChI=1S/C17H6F15NO5/c1-3(33-10(34)4-5(11(33)35)7(19)9(21)8(20)6(4)18)12(36)37-2-13(22,15(25,26)27)38-17(31,32)14(23,24)16(28,29)30/h3H,2H2,1H3/t3-,13?/m0/s1. The van der Waals surface area contributed by atoms with Gasteiger partial charge < -0.3 is 4.74 Å². The van der Waals surface area contributed by atoms with Gasteiger partial charge in [-0.2, -0.15) is 48.3 Å². The first kappa shape index (κ1) is 31.0. The Morgan fingerprint density at radius 1 is 0.737 bits per heavy atom. The molecule has 0 aromatic heterocycles. The largest absolute Gasteiger partial charge is 0.462 e. The van der Waals surface area contributed by atoms with Crippen LogP contribution in [0.25, 0.3) is 0 Å². The van der Waals surface area contributed by atoms with Gasteiger partial charge in [-0.25, -0.2) is 22.4 Å². The first-order valence-corrected chi connectivity index (χ1v) is 9.02. The van der Waals surface area contributed by atoms with Crippen LogP contribution in [0.1, 0.15) is 27.6 Å². The molecule has 21 heteroatoms. The van der Waals surface area contributed by atoms with Crippen molar-refractivity contribution in [2.24, 2.45) is 0 Å². The first-order chi connectivity index (χ1) is 16.8. The van der Waals surface area contributed by atoms with E-state index in [4.69, 9.17) is 0 Å². The number of hydrogen-bond acceptors (Lipinski definition) is 5. The van der Waals surface area contributed by atoms with Gasteiger partial charge in [0.25, 0.3) is 11.8 Å². The Morgan fingerprint density at radius 3 is 1.47 bits per heavy atom. The molecule has 1 unspecified atom stereocenters. The highest BCUT2D eigenvalue weighted by Gasteiger charge is 2.78. The van der Waals surface area contributed by atoms with Crippen molar-refractivity contribution in [2.75, 3.05) is 6.61 Å². The fraction of sp³-hybridized carbons (Fsp3) is 0.471. The van der Waals surface area contributed by atoms with Crippen LogP contribution < -0.4 is 0 Å². The van der Waals surface area contributed by atoms with Gasteiger partial charge in [-0.15, -0.1) is 0 Å². The van der Waals surface area contributed by atoms with E-state index >= 15 is 0 Å². The van der Waals surface area contributed by atoms with E-state index in [0.717, 1.165) is 0 Å². The van der Waals surface area contributed by atoms with Crippen molar-refractivity contribution in [3.05, 3.63) is 34.4 Å². The van der Waals surface area contributed by atoms with Gasteiger partial charge >= 0.3 is 36.2 Å². The second-order valence-electron chi connectivity index (χ2n) is 7.19. The van der Waals surface area contributed by atoms with Crippen molar-refractivity contribution in [3.63, 3.8) is 0 Å². The molecule has 1 aromatic carbocycles. The molecule has 2 atom stereocenters. The molecular weight excluding hydrogens is 583 g/mol. The number of benzene rings is 1. The van der Waals surface area contributed by atoms with Crippen LogP contribution >= 0.6 is 0 Å². The fourth-order valence-electron chi connectivity index (χ4n) is 2.71. The van der Waals surface area contributed by atoms with Gasteiger partial charge in [-0.1, -0.05) is 0 Å². The number of hydrogen-bond donors (Lipinski definition) is 0. The third-order valence-corrected chi connectivity index (χ3v) is 4.70. The van der Waals surface area contributed by atoms with E-state index < -0.39 is 100.0 Å². The van der Waals surface area contributed by atoms with Gasteiger partial charge in [0, 0.05) is 0 Å². The number of carbonyl (C=O) groups excluding carboxylic acids is 3. The Bertz CT molecular complexity index is 1130. The molecule has 0 bridgehead atoms. The van der Waals surface area contributed by atoms with Crippen molar-refractivity contribution in [3.8, 4) is 0 Å². The molecule has 2 amide bonds. The zero-order valence-corrected chi connectivity index (χ0v) is 17.4. The number of imide groups is 1. The zero-order chi connectivity index (χ0) is 30.0. The normalized spacial score (nSPS) is 17.4. The van der Waals surface area contributed by atoms with E-state index in [9.17, 15) is 80.2 Å². The number of halogens is 15. The second kappa shape index (κ2) is 9.19. The van der Waals surface area contributed by atoms with Gasteiger partial charge in [0.1, 0.15) is 6.04 Å². The number of ether oxygens (including phenoxy) is 2. The molecule has 0 spiro atoms. The van der Waals surface area contributed by atoms with E-state index in [2.05, 4.69) is 9.47 Å². The molecule has 2 rings (SSSR count). The summed E-state index contributed by atoms with van der Waals surface area (Å²) < 4.78 is 202. The molecule has 0 N–H and O–H groups in total. The van der Waals surface area contributed by atoms with Crippen LogP contribution in [0, 0.1) is 23.3 Å². The summed E-state index contributed by atoms with van der Waals surface area (Å²) in [4.78, 5) is 35.7. The minimum Gasteiger partial charge on any atom is -0.458 e. The number of rotatable bonds is 7. The summed E-state index contributed by atoms with van der Waals surface area (Å²) in [6, 6.07) is -2.69. The minimum absolute atomic E-state index is 0.299. The van der Waals surface area contributed by atoms with Crippen molar-refractivity contribution in [1.29, 1.82) is 0 Å². The maximum absolute atomic E-state index is 14.1.